The van der Waals surface area contributed by atoms with Crippen molar-refractivity contribution in [2.24, 2.45) is 5.92 Å². The summed E-state index contributed by atoms with van der Waals surface area (Å²) in [5, 5.41) is 0. The fraction of sp³-hybridized carbons (Fsp3) is 0.500. The summed E-state index contributed by atoms with van der Waals surface area (Å²) >= 11 is 0. The van der Waals surface area contributed by atoms with Crippen molar-refractivity contribution in [2.45, 2.75) is 32.3 Å². The zero-order valence-electron chi connectivity index (χ0n) is 15.6. The number of hydrogen-bond acceptors (Lipinski definition) is 4. The molecule has 1 atom stereocenters. The van der Waals surface area contributed by atoms with Gasteiger partial charge in [0.05, 0.1) is 18.9 Å². The lowest BCUT2D eigenvalue weighted by atomic mass is 10.0. The normalized spacial score (nSPS) is 20.9. The minimum Gasteiger partial charge on any atom is -0.494 e. The van der Waals surface area contributed by atoms with Gasteiger partial charge in [0.15, 0.2) is 0 Å². The molecule has 2 heterocycles. The fourth-order valence-corrected chi connectivity index (χ4v) is 3.61. The van der Waals surface area contributed by atoms with Gasteiger partial charge < -0.3 is 9.47 Å². The Labute approximate surface area is 156 Å². The topological polar surface area (TPSA) is 34.6 Å². The molecule has 26 heavy (non-hydrogen) atoms. The molecule has 1 aliphatic carbocycles. The van der Waals surface area contributed by atoms with Gasteiger partial charge in [0, 0.05) is 32.3 Å². The third-order valence-corrected chi connectivity index (χ3v) is 5.21. The highest BCUT2D eigenvalue weighted by molar-refractivity contribution is 5.37. The smallest absolute Gasteiger partial charge is 0.122 e. The predicted octanol–water partition coefficient (Wildman–Crippen LogP) is 3.85. The Hall–Kier alpha value is -1.91. The van der Waals surface area contributed by atoms with Gasteiger partial charge in [-0.1, -0.05) is 24.3 Å². The average molecular weight is 352 g/mol. The minimum absolute atomic E-state index is 0.104. The second-order valence-electron chi connectivity index (χ2n) is 7.37. The Morgan fingerprint density at radius 2 is 2.08 bits per heavy atom. The summed E-state index contributed by atoms with van der Waals surface area (Å²) in [4.78, 5) is 7.25. The van der Waals surface area contributed by atoms with Crippen LogP contribution in [0.2, 0.25) is 0 Å². The van der Waals surface area contributed by atoms with Crippen LogP contribution in [0.25, 0.3) is 0 Å². The van der Waals surface area contributed by atoms with E-state index in [0.717, 1.165) is 43.5 Å². The molecule has 0 amide bonds. The van der Waals surface area contributed by atoms with E-state index >= 15 is 0 Å². The van der Waals surface area contributed by atoms with E-state index in [-0.39, 0.29) is 6.10 Å². The van der Waals surface area contributed by atoms with Crippen LogP contribution in [0.5, 0.6) is 5.75 Å². The van der Waals surface area contributed by atoms with Crippen molar-refractivity contribution in [1.29, 1.82) is 0 Å². The van der Waals surface area contributed by atoms with E-state index in [1.807, 2.05) is 25.3 Å². The largest absolute Gasteiger partial charge is 0.494 e. The zero-order chi connectivity index (χ0) is 17.8. The third kappa shape index (κ3) is 4.43. The fourth-order valence-electron chi connectivity index (χ4n) is 3.61. The first-order valence-electron chi connectivity index (χ1n) is 9.81. The van der Waals surface area contributed by atoms with Gasteiger partial charge in [-0.2, -0.15) is 0 Å². The molecule has 2 aliphatic rings. The van der Waals surface area contributed by atoms with E-state index in [1.54, 1.807) is 0 Å². The Bertz CT molecular complexity index is 712. The molecule has 1 saturated carbocycles. The summed E-state index contributed by atoms with van der Waals surface area (Å²) < 4.78 is 11.7. The summed E-state index contributed by atoms with van der Waals surface area (Å²) in [6.45, 7) is 6.76. The second kappa shape index (κ2) is 8.19. The maximum absolute atomic E-state index is 5.98. The molecule has 1 aromatic carbocycles. The first-order valence-corrected chi connectivity index (χ1v) is 9.81. The van der Waals surface area contributed by atoms with Gasteiger partial charge in [-0.3, -0.25) is 9.88 Å². The van der Waals surface area contributed by atoms with Gasteiger partial charge in [0.2, 0.25) is 0 Å². The van der Waals surface area contributed by atoms with Crippen molar-refractivity contribution < 1.29 is 9.47 Å². The van der Waals surface area contributed by atoms with Gasteiger partial charge in [-0.25, -0.2) is 0 Å². The maximum atomic E-state index is 5.98. The van der Waals surface area contributed by atoms with E-state index in [0.29, 0.717) is 6.61 Å². The number of para-hydroxylation sites is 1. The average Bonchev–Trinajstić information content (AvgIpc) is 3.48. The number of ether oxygens (including phenoxy) is 2. The van der Waals surface area contributed by atoms with Crippen LogP contribution < -0.4 is 4.74 Å². The molecule has 0 unspecified atom stereocenters. The molecular weight excluding hydrogens is 324 g/mol. The van der Waals surface area contributed by atoms with Crippen molar-refractivity contribution in [3.05, 3.63) is 59.4 Å². The monoisotopic (exact) mass is 352 g/mol. The first kappa shape index (κ1) is 17.5. The lowest BCUT2D eigenvalue weighted by molar-refractivity contribution is -0.0334. The minimum atomic E-state index is 0.104. The number of benzene rings is 1. The molecule has 2 aromatic rings. The Morgan fingerprint density at radius 1 is 1.19 bits per heavy atom. The number of rotatable bonds is 7. The first-order chi connectivity index (χ1) is 12.8. The number of nitrogens with zero attached hydrogens (tertiary/aromatic N) is 2. The molecule has 138 valence electrons. The highest BCUT2D eigenvalue weighted by Crippen LogP contribution is 2.31. The Kier molecular flexibility index (Phi) is 5.51. The lowest BCUT2D eigenvalue weighted by Gasteiger charge is -2.32. The van der Waals surface area contributed by atoms with E-state index in [2.05, 4.69) is 29.2 Å². The van der Waals surface area contributed by atoms with Crippen LogP contribution in [0.1, 0.15) is 42.7 Å². The molecule has 4 rings (SSSR count). The Morgan fingerprint density at radius 3 is 2.85 bits per heavy atom. The zero-order valence-corrected chi connectivity index (χ0v) is 15.6. The van der Waals surface area contributed by atoms with Crippen molar-refractivity contribution in [2.75, 3.05) is 32.8 Å². The molecule has 0 spiro atoms. The van der Waals surface area contributed by atoms with Crippen LogP contribution in [0.15, 0.2) is 42.6 Å². The summed E-state index contributed by atoms with van der Waals surface area (Å²) in [5.41, 5.74) is 3.45. The third-order valence-electron chi connectivity index (χ3n) is 5.21. The highest BCUT2D eigenvalue weighted by Gasteiger charge is 2.28. The van der Waals surface area contributed by atoms with Crippen LogP contribution in [0, 0.1) is 5.92 Å². The van der Waals surface area contributed by atoms with Gasteiger partial charge in [-0.05, 0) is 48.9 Å². The molecule has 1 saturated heterocycles. The molecule has 2 fully saturated rings. The molecular formula is C22H28N2O2. The van der Waals surface area contributed by atoms with Crippen molar-refractivity contribution >= 4 is 0 Å². The lowest BCUT2D eigenvalue weighted by Crippen LogP contribution is -2.39. The molecule has 1 aliphatic heterocycles. The van der Waals surface area contributed by atoms with Gasteiger partial charge in [0.1, 0.15) is 11.9 Å². The molecule has 1 aromatic heterocycles. The van der Waals surface area contributed by atoms with Crippen LogP contribution >= 0.6 is 0 Å². The molecule has 0 bridgehead atoms. The number of hydrogen-bond donors (Lipinski definition) is 0. The SMILES string of the molecule is CCOc1ccccc1Cc1ccc([C@H]2CN(CC3CC3)CCO2)nc1. The Balaban J connectivity index is 1.40. The molecule has 0 N–H and O–H groups in total. The maximum Gasteiger partial charge on any atom is 0.122 e. The summed E-state index contributed by atoms with van der Waals surface area (Å²) in [6.07, 6.45) is 5.73. The van der Waals surface area contributed by atoms with Crippen LogP contribution in [0.3, 0.4) is 0 Å². The molecule has 0 radical (unpaired) electrons. The summed E-state index contributed by atoms with van der Waals surface area (Å²) in [5.74, 6) is 1.89. The number of aromatic nitrogens is 1. The van der Waals surface area contributed by atoms with Gasteiger partial charge in [-0.15, -0.1) is 0 Å². The van der Waals surface area contributed by atoms with E-state index in [1.165, 1.54) is 30.5 Å². The predicted molar refractivity (Wildman–Crippen MR) is 103 cm³/mol. The van der Waals surface area contributed by atoms with Crippen LogP contribution in [-0.2, 0) is 11.2 Å². The second-order valence-corrected chi connectivity index (χ2v) is 7.37. The summed E-state index contributed by atoms with van der Waals surface area (Å²) in [7, 11) is 0. The number of pyridine rings is 1. The quantitative estimate of drug-likeness (QED) is 0.758. The molecule has 4 heteroatoms. The van der Waals surface area contributed by atoms with E-state index in [9.17, 15) is 0 Å². The van der Waals surface area contributed by atoms with Crippen LogP contribution in [0.4, 0.5) is 0 Å². The van der Waals surface area contributed by atoms with Gasteiger partial charge >= 0.3 is 0 Å². The standard InChI is InChI=1S/C22H28N2O2/c1-2-25-21-6-4-3-5-19(21)13-18-9-10-20(23-14-18)22-16-24(11-12-26-22)15-17-7-8-17/h3-6,9-10,14,17,22H,2,7-8,11-13,15-16H2,1H3/t22-/m1/s1. The van der Waals surface area contributed by atoms with E-state index < -0.39 is 0 Å². The van der Waals surface area contributed by atoms with Crippen LogP contribution in [-0.4, -0.2) is 42.7 Å². The van der Waals surface area contributed by atoms with Crippen molar-refractivity contribution in [3.8, 4) is 5.75 Å². The summed E-state index contributed by atoms with van der Waals surface area (Å²) in [6, 6.07) is 12.5. The van der Waals surface area contributed by atoms with Crippen molar-refractivity contribution in [3.63, 3.8) is 0 Å². The molecule has 4 nitrogen and oxygen atoms in total. The van der Waals surface area contributed by atoms with Crippen molar-refractivity contribution in [1.82, 2.24) is 9.88 Å². The number of morpholine rings is 1. The van der Waals surface area contributed by atoms with E-state index in [4.69, 9.17) is 14.5 Å². The van der Waals surface area contributed by atoms with Gasteiger partial charge in [0.25, 0.3) is 0 Å². The highest BCUT2D eigenvalue weighted by atomic mass is 16.5.